The summed E-state index contributed by atoms with van der Waals surface area (Å²) < 4.78 is 15.0. The fourth-order valence-corrected chi connectivity index (χ4v) is 1.12. The van der Waals surface area contributed by atoms with Crippen molar-refractivity contribution in [2.45, 2.75) is 13.0 Å². The quantitative estimate of drug-likeness (QED) is 0.708. The molecule has 1 aromatic carbocycles. The number of benzene rings is 1. The van der Waals surface area contributed by atoms with Crippen LogP contribution in [0.15, 0.2) is 24.3 Å². The van der Waals surface area contributed by atoms with Gasteiger partial charge in [0.25, 0.3) is 0 Å². The smallest absolute Gasteiger partial charge is 0.346 e. The first kappa shape index (κ1) is 11.4. The average Bonchev–Trinajstić information content (AvgIpc) is 2.28. The highest BCUT2D eigenvalue weighted by molar-refractivity contribution is 5.74. The summed E-state index contributed by atoms with van der Waals surface area (Å²) in [6, 6.07) is 7.13. The molecule has 15 heavy (non-hydrogen) atoms. The van der Waals surface area contributed by atoms with E-state index in [4.69, 9.17) is 9.47 Å². The maximum Gasteiger partial charge on any atom is 0.346 e. The molecule has 1 rings (SSSR count). The van der Waals surface area contributed by atoms with Gasteiger partial charge in [0, 0.05) is 0 Å². The van der Waals surface area contributed by atoms with Gasteiger partial charge in [0.2, 0.25) is 0 Å². The highest BCUT2D eigenvalue weighted by Crippen LogP contribution is 2.26. The van der Waals surface area contributed by atoms with Crippen molar-refractivity contribution in [1.29, 1.82) is 0 Å². The van der Waals surface area contributed by atoms with E-state index in [0.717, 1.165) is 0 Å². The monoisotopic (exact) mass is 210 g/mol. The number of methoxy groups -OCH3 is 2. The van der Waals surface area contributed by atoms with E-state index in [2.05, 4.69) is 4.74 Å². The molecule has 4 heteroatoms. The van der Waals surface area contributed by atoms with E-state index in [1.807, 2.05) is 12.1 Å². The molecule has 0 bridgehead atoms. The van der Waals surface area contributed by atoms with E-state index in [1.165, 1.54) is 7.11 Å². The first-order valence-electron chi connectivity index (χ1n) is 4.56. The molecule has 1 aromatic rings. The molecule has 0 fully saturated rings. The zero-order valence-corrected chi connectivity index (χ0v) is 9.02. The molecule has 0 unspecified atom stereocenters. The van der Waals surface area contributed by atoms with Gasteiger partial charge in [-0.3, -0.25) is 0 Å². The third-order valence-corrected chi connectivity index (χ3v) is 1.91. The Balaban J connectivity index is 2.75. The Hall–Kier alpha value is -1.71. The lowest BCUT2D eigenvalue weighted by Gasteiger charge is -2.14. The van der Waals surface area contributed by atoms with Gasteiger partial charge in [-0.1, -0.05) is 12.1 Å². The van der Waals surface area contributed by atoms with Crippen LogP contribution in [0.2, 0.25) is 0 Å². The molecule has 0 radical (unpaired) electrons. The number of para-hydroxylation sites is 2. The first-order chi connectivity index (χ1) is 7.19. The lowest BCUT2D eigenvalue weighted by molar-refractivity contribution is -0.147. The van der Waals surface area contributed by atoms with Crippen LogP contribution in [0.25, 0.3) is 0 Å². The van der Waals surface area contributed by atoms with Gasteiger partial charge in [-0.2, -0.15) is 0 Å². The van der Waals surface area contributed by atoms with Crippen LogP contribution in [0.1, 0.15) is 6.92 Å². The van der Waals surface area contributed by atoms with Crippen molar-refractivity contribution in [2.24, 2.45) is 0 Å². The summed E-state index contributed by atoms with van der Waals surface area (Å²) >= 11 is 0. The molecule has 0 saturated heterocycles. The molecular formula is C11H14O4. The second-order valence-corrected chi connectivity index (χ2v) is 2.93. The fourth-order valence-electron chi connectivity index (χ4n) is 1.12. The summed E-state index contributed by atoms with van der Waals surface area (Å²) in [5.74, 6) is 0.701. The van der Waals surface area contributed by atoms with Crippen LogP contribution in [0.4, 0.5) is 0 Å². The molecule has 82 valence electrons. The molecule has 1 atom stereocenters. The normalized spacial score (nSPS) is 11.7. The second kappa shape index (κ2) is 5.24. The van der Waals surface area contributed by atoms with Gasteiger partial charge >= 0.3 is 5.97 Å². The van der Waals surface area contributed by atoms with Gasteiger partial charge in [-0.05, 0) is 19.1 Å². The Bertz CT molecular complexity index is 335. The minimum atomic E-state index is -0.647. The Morgan fingerprint density at radius 1 is 1.20 bits per heavy atom. The number of carbonyl (C=O) groups is 1. The number of carbonyl (C=O) groups excluding carboxylic acids is 1. The predicted octanol–water partition coefficient (Wildman–Crippen LogP) is 1.64. The van der Waals surface area contributed by atoms with Crippen molar-refractivity contribution >= 4 is 5.97 Å². The van der Waals surface area contributed by atoms with Crippen molar-refractivity contribution < 1.29 is 19.0 Å². The number of hydrogen-bond donors (Lipinski definition) is 0. The molecule has 0 heterocycles. The van der Waals surface area contributed by atoms with E-state index in [1.54, 1.807) is 26.2 Å². The zero-order valence-electron chi connectivity index (χ0n) is 9.02. The van der Waals surface area contributed by atoms with Gasteiger partial charge < -0.3 is 14.2 Å². The van der Waals surface area contributed by atoms with Crippen LogP contribution in [0.3, 0.4) is 0 Å². The van der Waals surface area contributed by atoms with Crippen molar-refractivity contribution in [2.75, 3.05) is 14.2 Å². The van der Waals surface area contributed by atoms with Gasteiger partial charge in [0.05, 0.1) is 14.2 Å². The van der Waals surface area contributed by atoms with Crippen LogP contribution in [0, 0.1) is 0 Å². The SMILES string of the molecule is COC(=O)[C@@H](C)Oc1ccccc1OC. The molecule has 4 nitrogen and oxygen atoms in total. The predicted molar refractivity (Wildman–Crippen MR) is 55.1 cm³/mol. The Kier molecular flexibility index (Phi) is 3.97. The highest BCUT2D eigenvalue weighted by Gasteiger charge is 2.16. The molecule has 0 amide bonds. The maximum atomic E-state index is 11.1. The first-order valence-corrected chi connectivity index (χ1v) is 4.56. The number of esters is 1. The summed E-state index contributed by atoms with van der Waals surface area (Å²) in [5, 5.41) is 0. The van der Waals surface area contributed by atoms with Crippen LogP contribution in [-0.2, 0) is 9.53 Å². The number of ether oxygens (including phenoxy) is 3. The van der Waals surface area contributed by atoms with Gasteiger partial charge in [0.1, 0.15) is 0 Å². The summed E-state index contributed by atoms with van der Waals surface area (Å²) in [7, 11) is 2.87. The van der Waals surface area contributed by atoms with Crippen molar-refractivity contribution in [3.63, 3.8) is 0 Å². The second-order valence-electron chi connectivity index (χ2n) is 2.93. The van der Waals surface area contributed by atoms with Crippen molar-refractivity contribution in [3.05, 3.63) is 24.3 Å². The third-order valence-electron chi connectivity index (χ3n) is 1.91. The fraction of sp³-hybridized carbons (Fsp3) is 0.364. The lowest BCUT2D eigenvalue weighted by Crippen LogP contribution is -2.25. The standard InChI is InChI=1S/C11H14O4/c1-8(11(12)14-3)15-10-7-5-4-6-9(10)13-2/h4-8H,1-3H3/t8-/m1/s1. The molecule has 0 aliphatic rings. The summed E-state index contributed by atoms with van der Waals surface area (Å²) in [6.45, 7) is 1.62. The van der Waals surface area contributed by atoms with Crippen LogP contribution >= 0.6 is 0 Å². The van der Waals surface area contributed by atoms with Crippen molar-refractivity contribution in [3.8, 4) is 11.5 Å². The summed E-state index contributed by atoms with van der Waals surface area (Å²) in [6.07, 6.45) is -0.647. The molecule has 0 aliphatic heterocycles. The maximum absolute atomic E-state index is 11.1. The topological polar surface area (TPSA) is 44.8 Å². The Labute approximate surface area is 88.8 Å². The minimum absolute atomic E-state index is 0.416. The number of rotatable bonds is 4. The third kappa shape index (κ3) is 2.87. The van der Waals surface area contributed by atoms with E-state index < -0.39 is 12.1 Å². The van der Waals surface area contributed by atoms with Crippen molar-refractivity contribution in [1.82, 2.24) is 0 Å². The van der Waals surface area contributed by atoms with E-state index in [-0.39, 0.29) is 0 Å². The highest BCUT2D eigenvalue weighted by atomic mass is 16.6. The molecular weight excluding hydrogens is 196 g/mol. The summed E-state index contributed by atoms with van der Waals surface area (Å²) in [5.41, 5.74) is 0. The minimum Gasteiger partial charge on any atom is -0.493 e. The van der Waals surface area contributed by atoms with Crippen LogP contribution < -0.4 is 9.47 Å². The van der Waals surface area contributed by atoms with Gasteiger partial charge in [-0.15, -0.1) is 0 Å². The average molecular weight is 210 g/mol. The molecule has 0 spiro atoms. The molecule has 0 saturated carbocycles. The lowest BCUT2D eigenvalue weighted by atomic mass is 10.3. The Morgan fingerprint density at radius 2 is 1.80 bits per heavy atom. The zero-order chi connectivity index (χ0) is 11.3. The molecule has 0 N–H and O–H groups in total. The Morgan fingerprint density at radius 3 is 2.33 bits per heavy atom. The van der Waals surface area contributed by atoms with Crippen LogP contribution in [-0.4, -0.2) is 26.3 Å². The van der Waals surface area contributed by atoms with E-state index >= 15 is 0 Å². The number of hydrogen-bond acceptors (Lipinski definition) is 4. The van der Waals surface area contributed by atoms with Crippen LogP contribution in [0.5, 0.6) is 11.5 Å². The van der Waals surface area contributed by atoms with E-state index in [9.17, 15) is 4.79 Å². The molecule has 0 aliphatic carbocycles. The van der Waals surface area contributed by atoms with E-state index in [0.29, 0.717) is 11.5 Å². The summed E-state index contributed by atoms with van der Waals surface area (Å²) in [4.78, 5) is 11.1. The van der Waals surface area contributed by atoms with Gasteiger partial charge in [-0.25, -0.2) is 4.79 Å². The van der Waals surface area contributed by atoms with Gasteiger partial charge in [0.15, 0.2) is 17.6 Å². The largest absolute Gasteiger partial charge is 0.493 e. The molecule has 0 aromatic heterocycles.